The van der Waals surface area contributed by atoms with E-state index in [2.05, 4.69) is 5.32 Å². The van der Waals surface area contributed by atoms with Crippen LogP contribution in [0.4, 0.5) is 0 Å². The van der Waals surface area contributed by atoms with Crippen molar-refractivity contribution >= 4 is 5.91 Å². The van der Waals surface area contributed by atoms with Gasteiger partial charge in [-0.2, -0.15) is 0 Å². The van der Waals surface area contributed by atoms with Crippen LogP contribution in [0.5, 0.6) is 0 Å². The Bertz CT molecular complexity index is 266. The molecule has 1 N–H and O–H groups in total. The minimum atomic E-state index is -0.150. The molecule has 0 aromatic rings. The van der Waals surface area contributed by atoms with Crippen LogP contribution in [0.1, 0.15) is 20.3 Å². The predicted molar refractivity (Wildman–Crippen MR) is 76.8 cm³/mol. The Balaban J connectivity index is 2.45. The van der Waals surface area contributed by atoms with Gasteiger partial charge in [0.15, 0.2) is 0 Å². The Morgan fingerprint density at radius 1 is 1.20 bits per heavy atom. The molecule has 1 amide bonds. The molecular formula is C14H28N2O4. The molecule has 1 heterocycles. The topological polar surface area (TPSA) is 60.0 Å². The van der Waals surface area contributed by atoms with Gasteiger partial charge in [-0.15, -0.1) is 0 Å². The van der Waals surface area contributed by atoms with Crippen LogP contribution in [0.2, 0.25) is 0 Å². The standard InChI is InChI=1S/C14H28N2O4/c1-4-19-8-6-16(7-9-20-5-2)14(17)13-10-12(18-3)11-15-13/h12-13,15H,4-11H2,1-3H3. The highest BCUT2D eigenvalue weighted by Crippen LogP contribution is 2.12. The summed E-state index contributed by atoms with van der Waals surface area (Å²) in [6.07, 6.45) is 0.860. The summed E-state index contributed by atoms with van der Waals surface area (Å²) >= 11 is 0. The molecule has 0 aliphatic carbocycles. The van der Waals surface area contributed by atoms with E-state index in [1.807, 2.05) is 18.7 Å². The normalized spacial score (nSPS) is 22.1. The fourth-order valence-corrected chi connectivity index (χ4v) is 2.26. The van der Waals surface area contributed by atoms with Crippen molar-refractivity contribution in [1.82, 2.24) is 10.2 Å². The molecule has 0 aromatic carbocycles. The Morgan fingerprint density at radius 2 is 1.80 bits per heavy atom. The first kappa shape index (κ1) is 17.4. The molecule has 20 heavy (non-hydrogen) atoms. The number of carbonyl (C=O) groups excluding carboxylic acids is 1. The molecular weight excluding hydrogens is 260 g/mol. The summed E-state index contributed by atoms with van der Waals surface area (Å²) in [4.78, 5) is 14.3. The van der Waals surface area contributed by atoms with E-state index in [1.54, 1.807) is 7.11 Å². The summed E-state index contributed by atoms with van der Waals surface area (Å²) in [6.45, 7) is 8.32. The average molecular weight is 288 g/mol. The van der Waals surface area contributed by atoms with Crippen molar-refractivity contribution in [3.8, 4) is 0 Å². The number of carbonyl (C=O) groups is 1. The van der Waals surface area contributed by atoms with Gasteiger partial charge in [0, 0.05) is 40.0 Å². The van der Waals surface area contributed by atoms with Gasteiger partial charge < -0.3 is 24.4 Å². The number of hydrogen-bond donors (Lipinski definition) is 1. The van der Waals surface area contributed by atoms with E-state index in [9.17, 15) is 4.79 Å². The molecule has 1 aliphatic rings. The fraction of sp³-hybridized carbons (Fsp3) is 0.929. The van der Waals surface area contributed by atoms with Gasteiger partial charge in [0.1, 0.15) is 0 Å². The van der Waals surface area contributed by atoms with Crippen LogP contribution in [0.3, 0.4) is 0 Å². The Morgan fingerprint density at radius 3 is 2.25 bits per heavy atom. The van der Waals surface area contributed by atoms with Crippen molar-refractivity contribution < 1.29 is 19.0 Å². The van der Waals surface area contributed by atoms with Crippen LogP contribution in [-0.2, 0) is 19.0 Å². The highest BCUT2D eigenvalue weighted by molar-refractivity contribution is 5.82. The number of hydrogen-bond acceptors (Lipinski definition) is 5. The molecule has 0 radical (unpaired) electrons. The van der Waals surface area contributed by atoms with Crippen LogP contribution < -0.4 is 5.32 Å². The van der Waals surface area contributed by atoms with Gasteiger partial charge in [-0.3, -0.25) is 4.79 Å². The van der Waals surface area contributed by atoms with Crippen LogP contribution in [0.15, 0.2) is 0 Å². The third-order valence-corrected chi connectivity index (χ3v) is 3.45. The largest absolute Gasteiger partial charge is 0.380 e. The minimum Gasteiger partial charge on any atom is -0.380 e. The molecule has 2 unspecified atom stereocenters. The summed E-state index contributed by atoms with van der Waals surface area (Å²) in [5, 5.41) is 3.22. The molecule has 0 aromatic heterocycles. The lowest BCUT2D eigenvalue weighted by molar-refractivity contribution is -0.134. The lowest BCUT2D eigenvalue weighted by Crippen LogP contribution is -2.46. The van der Waals surface area contributed by atoms with E-state index in [4.69, 9.17) is 14.2 Å². The first-order valence-corrected chi connectivity index (χ1v) is 7.43. The summed E-state index contributed by atoms with van der Waals surface area (Å²) in [6, 6.07) is -0.150. The van der Waals surface area contributed by atoms with E-state index in [0.717, 1.165) is 13.0 Å². The lowest BCUT2D eigenvalue weighted by atomic mass is 10.2. The van der Waals surface area contributed by atoms with Gasteiger partial charge in [-0.25, -0.2) is 0 Å². The zero-order valence-corrected chi connectivity index (χ0v) is 12.9. The van der Waals surface area contributed by atoms with Crippen LogP contribution in [0, 0.1) is 0 Å². The maximum Gasteiger partial charge on any atom is 0.239 e. The van der Waals surface area contributed by atoms with E-state index < -0.39 is 0 Å². The van der Waals surface area contributed by atoms with Crippen molar-refractivity contribution in [1.29, 1.82) is 0 Å². The van der Waals surface area contributed by atoms with Gasteiger partial charge >= 0.3 is 0 Å². The quantitative estimate of drug-likeness (QED) is 0.585. The zero-order chi connectivity index (χ0) is 14.8. The number of methoxy groups -OCH3 is 1. The third-order valence-electron chi connectivity index (χ3n) is 3.45. The van der Waals surface area contributed by atoms with Crippen molar-refractivity contribution in [2.75, 3.05) is 53.2 Å². The average Bonchev–Trinajstić information content (AvgIpc) is 2.94. The summed E-state index contributed by atoms with van der Waals surface area (Å²) in [7, 11) is 1.68. The van der Waals surface area contributed by atoms with Crippen molar-refractivity contribution in [2.24, 2.45) is 0 Å². The first-order valence-electron chi connectivity index (χ1n) is 7.43. The Hall–Kier alpha value is -0.690. The van der Waals surface area contributed by atoms with Gasteiger partial charge in [-0.1, -0.05) is 0 Å². The second kappa shape index (κ2) is 10.1. The van der Waals surface area contributed by atoms with Gasteiger partial charge in [0.25, 0.3) is 0 Å². The van der Waals surface area contributed by atoms with E-state index in [1.165, 1.54) is 0 Å². The van der Waals surface area contributed by atoms with Crippen molar-refractivity contribution in [3.63, 3.8) is 0 Å². The van der Waals surface area contributed by atoms with E-state index in [-0.39, 0.29) is 18.1 Å². The van der Waals surface area contributed by atoms with Gasteiger partial charge in [0.2, 0.25) is 5.91 Å². The SMILES string of the molecule is CCOCCN(CCOCC)C(=O)C1CC(OC)CN1. The number of amides is 1. The van der Waals surface area contributed by atoms with Crippen LogP contribution in [0.25, 0.3) is 0 Å². The zero-order valence-electron chi connectivity index (χ0n) is 12.9. The number of nitrogens with one attached hydrogen (secondary N) is 1. The molecule has 1 fully saturated rings. The molecule has 118 valence electrons. The minimum absolute atomic E-state index is 0.115. The molecule has 0 spiro atoms. The summed E-state index contributed by atoms with van der Waals surface area (Å²) in [5.41, 5.74) is 0. The fourth-order valence-electron chi connectivity index (χ4n) is 2.26. The smallest absolute Gasteiger partial charge is 0.239 e. The highest BCUT2D eigenvalue weighted by Gasteiger charge is 2.32. The first-order chi connectivity index (χ1) is 9.72. The second-order valence-corrected chi connectivity index (χ2v) is 4.77. The van der Waals surface area contributed by atoms with Gasteiger partial charge in [0.05, 0.1) is 25.4 Å². The maximum absolute atomic E-state index is 12.5. The predicted octanol–water partition coefficient (Wildman–Crippen LogP) is 0.265. The molecule has 0 bridgehead atoms. The monoisotopic (exact) mass is 288 g/mol. The molecule has 1 rings (SSSR count). The molecule has 1 aliphatic heterocycles. The van der Waals surface area contributed by atoms with Crippen molar-refractivity contribution in [3.05, 3.63) is 0 Å². The Kier molecular flexibility index (Phi) is 8.77. The molecule has 1 saturated heterocycles. The number of nitrogens with zero attached hydrogens (tertiary/aromatic N) is 1. The van der Waals surface area contributed by atoms with E-state index in [0.29, 0.717) is 39.5 Å². The summed E-state index contributed by atoms with van der Waals surface area (Å²) in [5.74, 6) is 0.115. The van der Waals surface area contributed by atoms with Crippen LogP contribution in [-0.4, -0.2) is 76.1 Å². The Labute approximate surface area is 121 Å². The number of rotatable bonds is 10. The van der Waals surface area contributed by atoms with Crippen LogP contribution >= 0.6 is 0 Å². The molecule has 2 atom stereocenters. The second-order valence-electron chi connectivity index (χ2n) is 4.77. The lowest BCUT2D eigenvalue weighted by Gasteiger charge is -2.25. The summed E-state index contributed by atoms with van der Waals surface area (Å²) < 4.78 is 16.0. The number of ether oxygens (including phenoxy) is 3. The third kappa shape index (κ3) is 5.75. The molecule has 0 saturated carbocycles. The van der Waals surface area contributed by atoms with E-state index >= 15 is 0 Å². The molecule has 6 nitrogen and oxygen atoms in total. The maximum atomic E-state index is 12.5. The van der Waals surface area contributed by atoms with Crippen molar-refractivity contribution in [2.45, 2.75) is 32.4 Å². The van der Waals surface area contributed by atoms with Gasteiger partial charge in [-0.05, 0) is 20.3 Å². The highest BCUT2D eigenvalue weighted by atomic mass is 16.5. The molecule has 6 heteroatoms.